The molecule has 0 bridgehead atoms. The van der Waals surface area contributed by atoms with E-state index in [9.17, 15) is 23.7 Å². The number of carbonyl (C=O) groups is 1. The molecule has 3 aromatic rings. The zero-order valence-corrected chi connectivity index (χ0v) is 15.6. The maximum Gasteiger partial charge on any atom is 0.299 e. The Hall–Kier alpha value is -3.37. The number of methoxy groups -OCH3 is 1. The summed E-state index contributed by atoms with van der Waals surface area (Å²) in [5.74, 6) is -0.264. The lowest BCUT2D eigenvalue weighted by molar-refractivity contribution is -0.383. The normalized spacial score (nSPS) is 11.8. The second-order valence-corrected chi connectivity index (χ2v) is 6.69. The monoisotopic (exact) mass is 401 g/mol. The standard InChI is InChI=1S/C18H15N3O6S/c1-10(22)19-12-5-3-11(4-6-12)14-8-7-13-17(20-14)15(21(23)24)9-16(27-2)18(13)28(25)26/h3-9H,1-2H3,(H,19,22)(H,25,26). The molecule has 9 nitrogen and oxygen atoms in total. The number of ether oxygens (including phenoxy) is 1. The Bertz CT molecular complexity index is 1110. The summed E-state index contributed by atoms with van der Waals surface area (Å²) in [5.41, 5.74) is 1.34. The summed E-state index contributed by atoms with van der Waals surface area (Å²) in [6.45, 7) is 1.40. The highest BCUT2D eigenvalue weighted by Crippen LogP contribution is 2.37. The first-order valence-corrected chi connectivity index (χ1v) is 9.07. The largest absolute Gasteiger partial charge is 0.495 e. The van der Waals surface area contributed by atoms with Crippen LogP contribution >= 0.6 is 0 Å². The van der Waals surface area contributed by atoms with E-state index in [1.54, 1.807) is 30.3 Å². The second kappa shape index (κ2) is 7.71. The number of benzene rings is 2. The van der Waals surface area contributed by atoms with E-state index < -0.39 is 16.0 Å². The summed E-state index contributed by atoms with van der Waals surface area (Å²) in [4.78, 5) is 26.2. The first-order chi connectivity index (χ1) is 13.3. The number of fused-ring (bicyclic) bond motifs is 1. The minimum atomic E-state index is -2.42. The molecule has 0 spiro atoms. The summed E-state index contributed by atoms with van der Waals surface area (Å²) < 4.78 is 26.4. The molecule has 10 heteroatoms. The number of rotatable bonds is 5. The lowest BCUT2D eigenvalue weighted by atomic mass is 10.1. The summed E-state index contributed by atoms with van der Waals surface area (Å²) in [6, 6.07) is 11.0. The van der Waals surface area contributed by atoms with E-state index in [1.165, 1.54) is 20.1 Å². The number of nitrogens with zero attached hydrogens (tertiary/aromatic N) is 2. The lowest BCUT2D eigenvalue weighted by Crippen LogP contribution is -2.05. The van der Waals surface area contributed by atoms with Gasteiger partial charge in [-0.3, -0.25) is 14.9 Å². The number of anilines is 1. The van der Waals surface area contributed by atoms with Crippen LogP contribution < -0.4 is 10.1 Å². The molecule has 0 saturated carbocycles. The van der Waals surface area contributed by atoms with Crippen LogP contribution in [0, 0.1) is 10.1 Å². The molecule has 1 aromatic heterocycles. The Kier molecular flexibility index (Phi) is 5.34. The van der Waals surface area contributed by atoms with E-state index in [-0.39, 0.29) is 33.1 Å². The third-order valence-electron chi connectivity index (χ3n) is 3.97. The van der Waals surface area contributed by atoms with Crippen LogP contribution in [0.4, 0.5) is 11.4 Å². The van der Waals surface area contributed by atoms with Crippen LogP contribution in [0.3, 0.4) is 0 Å². The molecule has 1 amide bonds. The van der Waals surface area contributed by atoms with Gasteiger partial charge in [-0.05, 0) is 24.3 Å². The fourth-order valence-corrected chi connectivity index (χ4v) is 3.45. The molecule has 1 atom stereocenters. The molecule has 144 valence electrons. The molecule has 0 saturated heterocycles. The van der Waals surface area contributed by atoms with Crippen molar-refractivity contribution in [3.8, 4) is 17.0 Å². The van der Waals surface area contributed by atoms with Gasteiger partial charge in [0.1, 0.15) is 16.2 Å². The van der Waals surface area contributed by atoms with Crippen LogP contribution in [0.5, 0.6) is 5.75 Å². The van der Waals surface area contributed by atoms with Crippen LogP contribution in [-0.4, -0.2) is 31.7 Å². The van der Waals surface area contributed by atoms with Gasteiger partial charge >= 0.3 is 0 Å². The van der Waals surface area contributed by atoms with Crippen molar-refractivity contribution in [2.75, 3.05) is 12.4 Å². The van der Waals surface area contributed by atoms with Gasteiger partial charge in [0.15, 0.2) is 11.1 Å². The van der Waals surface area contributed by atoms with Gasteiger partial charge in [0.2, 0.25) is 5.91 Å². The molecule has 0 fully saturated rings. The van der Waals surface area contributed by atoms with Crippen LogP contribution in [0.1, 0.15) is 6.92 Å². The Morgan fingerprint density at radius 1 is 1.25 bits per heavy atom. The number of amides is 1. The zero-order chi connectivity index (χ0) is 20.4. The van der Waals surface area contributed by atoms with E-state index >= 15 is 0 Å². The topological polar surface area (TPSA) is 132 Å². The van der Waals surface area contributed by atoms with Crippen molar-refractivity contribution in [3.63, 3.8) is 0 Å². The Labute approximate surface area is 161 Å². The molecule has 1 heterocycles. The van der Waals surface area contributed by atoms with Gasteiger partial charge in [0.05, 0.1) is 23.8 Å². The Morgan fingerprint density at radius 3 is 2.46 bits per heavy atom. The first kappa shape index (κ1) is 19.4. The number of pyridine rings is 1. The minimum Gasteiger partial charge on any atom is -0.495 e. The Morgan fingerprint density at radius 2 is 1.93 bits per heavy atom. The van der Waals surface area contributed by atoms with Gasteiger partial charge in [-0.25, -0.2) is 9.19 Å². The maximum absolute atomic E-state index is 11.8. The molecule has 2 aromatic carbocycles. The van der Waals surface area contributed by atoms with Gasteiger partial charge in [0, 0.05) is 23.6 Å². The number of nitrogens with one attached hydrogen (secondary N) is 1. The number of nitro groups is 1. The number of aromatic nitrogens is 1. The Balaban J connectivity index is 2.19. The summed E-state index contributed by atoms with van der Waals surface area (Å²) in [7, 11) is 1.26. The van der Waals surface area contributed by atoms with E-state index in [0.717, 1.165) is 6.07 Å². The number of nitro benzene ring substituents is 1. The van der Waals surface area contributed by atoms with E-state index in [2.05, 4.69) is 10.3 Å². The zero-order valence-electron chi connectivity index (χ0n) is 14.8. The quantitative estimate of drug-likeness (QED) is 0.381. The van der Waals surface area contributed by atoms with Crippen molar-refractivity contribution >= 4 is 39.3 Å². The number of non-ortho nitro benzene ring substituents is 1. The van der Waals surface area contributed by atoms with E-state index in [4.69, 9.17) is 4.74 Å². The molecule has 28 heavy (non-hydrogen) atoms. The molecule has 3 rings (SSSR count). The first-order valence-electron chi connectivity index (χ1n) is 7.97. The fraction of sp³-hybridized carbons (Fsp3) is 0.111. The highest BCUT2D eigenvalue weighted by Gasteiger charge is 2.24. The molecular weight excluding hydrogens is 386 g/mol. The van der Waals surface area contributed by atoms with Gasteiger partial charge in [-0.15, -0.1) is 0 Å². The van der Waals surface area contributed by atoms with Crippen LogP contribution in [-0.2, 0) is 15.9 Å². The van der Waals surface area contributed by atoms with Crippen LogP contribution in [0.2, 0.25) is 0 Å². The van der Waals surface area contributed by atoms with Crippen molar-refractivity contribution in [1.29, 1.82) is 0 Å². The molecular formula is C18H15N3O6S. The van der Waals surface area contributed by atoms with Gasteiger partial charge in [-0.1, -0.05) is 12.1 Å². The number of carbonyl (C=O) groups excluding carboxylic acids is 1. The summed E-state index contributed by atoms with van der Waals surface area (Å²) in [6.07, 6.45) is 0. The third-order valence-corrected chi connectivity index (χ3v) is 4.74. The molecule has 1 unspecified atom stereocenters. The number of hydrogen-bond donors (Lipinski definition) is 2. The minimum absolute atomic E-state index is 0.0216. The highest BCUT2D eigenvalue weighted by molar-refractivity contribution is 7.79. The molecule has 0 aliphatic rings. The van der Waals surface area contributed by atoms with Gasteiger partial charge in [-0.2, -0.15) is 0 Å². The smallest absolute Gasteiger partial charge is 0.299 e. The van der Waals surface area contributed by atoms with Crippen molar-refractivity contribution in [2.24, 2.45) is 0 Å². The lowest BCUT2D eigenvalue weighted by Gasteiger charge is -2.11. The van der Waals surface area contributed by atoms with E-state index in [1.807, 2.05) is 0 Å². The van der Waals surface area contributed by atoms with Crippen molar-refractivity contribution < 1.29 is 23.2 Å². The summed E-state index contributed by atoms with van der Waals surface area (Å²) >= 11 is -2.42. The predicted molar refractivity (Wildman–Crippen MR) is 104 cm³/mol. The maximum atomic E-state index is 11.8. The average Bonchev–Trinajstić information content (AvgIpc) is 2.65. The van der Waals surface area contributed by atoms with Crippen LogP contribution in [0.25, 0.3) is 22.2 Å². The van der Waals surface area contributed by atoms with Gasteiger partial charge in [0.25, 0.3) is 5.69 Å². The molecule has 0 aliphatic carbocycles. The van der Waals surface area contributed by atoms with Crippen molar-refractivity contribution in [3.05, 3.63) is 52.6 Å². The third kappa shape index (κ3) is 3.68. The van der Waals surface area contributed by atoms with Crippen molar-refractivity contribution in [1.82, 2.24) is 4.98 Å². The van der Waals surface area contributed by atoms with Gasteiger partial charge < -0.3 is 14.6 Å². The van der Waals surface area contributed by atoms with Crippen molar-refractivity contribution in [2.45, 2.75) is 11.8 Å². The molecule has 0 radical (unpaired) electrons. The average molecular weight is 401 g/mol. The fourth-order valence-electron chi connectivity index (χ4n) is 2.79. The van der Waals surface area contributed by atoms with Crippen LogP contribution in [0.15, 0.2) is 47.4 Å². The highest BCUT2D eigenvalue weighted by atomic mass is 32.2. The predicted octanol–water partition coefficient (Wildman–Crippen LogP) is 3.36. The number of hydrogen-bond acceptors (Lipinski definition) is 6. The van der Waals surface area contributed by atoms with E-state index in [0.29, 0.717) is 16.9 Å². The SMILES string of the molecule is COc1cc([N+](=O)[O-])c2nc(-c3ccc(NC(C)=O)cc3)ccc2c1S(=O)O. The molecule has 2 N–H and O–H groups in total. The molecule has 0 aliphatic heterocycles. The summed E-state index contributed by atoms with van der Waals surface area (Å²) in [5, 5.41) is 14.3. The second-order valence-electron chi connectivity index (χ2n) is 5.78.